The molecule has 1 aliphatic heterocycles. The molecule has 0 amide bonds. The van der Waals surface area contributed by atoms with Gasteiger partial charge in [-0.2, -0.15) is 0 Å². The Morgan fingerprint density at radius 3 is 2.49 bits per heavy atom. The van der Waals surface area contributed by atoms with E-state index in [0.29, 0.717) is 28.0 Å². The van der Waals surface area contributed by atoms with E-state index in [0.717, 1.165) is 21.9 Å². The third-order valence-corrected chi connectivity index (χ3v) is 6.85. The van der Waals surface area contributed by atoms with Gasteiger partial charge in [-0.3, -0.25) is 0 Å². The second kappa shape index (κ2) is 11.2. The number of aliphatic hydroxyl groups excluding tert-OH is 1. The van der Waals surface area contributed by atoms with E-state index in [-0.39, 0.29) is 17.9 Å². The summed E-state index contributed by atoms with van der Waals surface area (Å²) in [5, 5.41) is 13.7. The average molecular weight is 508 g/mol. The topological polar surface area (TPSA) is 68.1 Å². The van der Waals surface area contributed by atoms with Crippen molar-refractivity contribution >= 4 is 45.3 Å². The van der Waals surface area contributed by atoms with Gasteiger partial charge in [0.25, 0.3) is 0 Å². The van der Waals surface area contributed by atoms with Crippen molar-refractivity contribution in [2.24, 2.45) is 4.99 Å². The van der Waals surface area contributed by atoms with Crippen LogP contribution in [0.1, 0.15) is 18.1 Å². The lowest BCUT2D eigenvalue weighted by Gasteiger charge is -2.12. The molecule has 0 bridgehead atoms. The fourth-order valence-corrected chi connectivity index (χ4v) is 5.08. The third kappa shape index (κ3) is 5.44. The van der Waals surface area contributed by atoms with Crippen LogP contribution >= 0.6 is 11.8 Å². The molecule has 0 fully saturated rings. The molecule has 1 aliphatic rings. The van der Waals surface area contributed by atoms with Crippen LogP contribution in [0.2, 0.25) is 0 Å². The van der Waals surface area contributed by atoms with Gasteiger partial charge < -0.3 is 14.6 Å². The first-order valence-corrected chi connectivity index (χ1v) is 12.8. The normalized spacial score (nSPS) is 15.5. The second-order valence-electron chi connectivity index (χ2n) is 8.27. The molecule has 0 aliphatic carbocycles. The first-order chi connectivity index (χ1) is 18.1. The molecule has 0 spiro atoms. The fourth-order valence-electron chi connectivity index (χ4n) is 4.06. The lowest BCUT2D eigenvalue weighted by molar-refractivity contribution is -0.138. The summed E-state index contributed by atoms with van der Waals surface area (Å²) in [4.78, 5) is 17.8. The number of esters is 1. The molecule has 0 unspecified atom stereocenters. The van der Waals surface area contributed by atoms with Crippen LogP contribution in [0.3, 0.4) is 0 Å². The van der Waals surface area contributed by atoms with Gasteiger partial charge in [0, 0.05) is 5.56 Å². The summed E-state index contributed by atoms with van der Waals surface area (Å²) in [6, 6.07) is 31.3. The van der Waals surface area contributed by atoms with Gasteiger partial charge in [-0.1, -0.05) is 90.6 Å². The Morgan fingerprint density at radius 1 is 0.919 bits per heavy atom. The van der Waals surface area contributed by atoms with Crippen LogP contribution in [0, 0.1) is 0 Å². The van der Waals surface area contributed by atoms with Crippen molar-refractivity contribution in [3.05, 3.63) is 124 Å². The van der Waals surface area contributed by atoms with E-state index in [9.17, 15) is 9.90 Å². The number of aliphatic imine (C=N–C) groups is 1. The Morgan fingerprint density at radius 2 is 1.65 bits per heavy atom. The number of carbonyl (C=O) groups is 1. The van der Waals surface area contributed by atoms with Crippen molar-refractivity contribution in [1.82, 2.24) is 0 Å². The van der Waals surface area contributed by atoms with Gasteiger partial charge in [-0.15, -0.1) is 0 Å². The summed E-state index contributed by atoms with van der Waals surface area (Å²) in [6.45, 7) is 2.32. The lowest BCUT2D eigenvalue weighted by atomic mass is 10.1. The zero-order valence-corrected chi connectivity index (χ0v) is 21.1. The molecular formula is C31H25NO4S. The van der Waals surface area contributed by atoms with Gasteiger partial charge in [0.05, 0.1) is 17.2 Å². The van der Waals surface area contributed by atoms with E-state index < -0.39 is 5.97 Å². The predicted octanol–water partition coefficient (Wildman–Crippen LogP) is 7.61. The quantitative estimate of drug-likeness (QED) is 0.261. The van der Waals surface area contributed by atoms with Crippen molar-refractivity contribution < 1.29 is 19.4 Å². The van der Waals surface area contributed by atoms with Crippen LogP contribution in [0.4, 0.5) is 5.69 Å². The number of aliphatic hydroxyl groups is 1. The molecule has 184 valence electrons. The van der Waals surface area contributed by atoms with Crippen molar-refractivity contribution in [3.63, 3.8) is 0 Å². The van der Waals surface area contributed by atoms with Crippen molar-refractivity contribution in [3.8, 4) is 5.75 Å². The summed E-state index contributed by atoms with van der Waals surface area (Å²) in [5.41, 5.74) is 2.61. The van der Waals surface area contributed by atoms with Gasteiger partial charge in [-0.25, -0.2) is 9.79 Å². The number of rotatable bonds is 7. The van der Waals surface area contributed by atoms with Gasteiger partial charge >= 0.3 is 5.97 Å². The fraction of sp³-hybridized carbons (Fsp3) is 0.0968. The van der Waals surface area contributed by atoms with Gasteiger partial charge in [-0.05, 0) is 47.5 Å². The molecule has 6 heteroatoms. The minimum atomic E-state index is -0.605. The number of hydrogen-bond donors (Lipinski definition) is 1. The largest absolute Gasteiger partial charge is 0.506 e. The van der Waals surface area contributed by atoms with Crippen LogP contribution in [0.25, 0.3) is 16.8 Å². The van der Waals surface area contributed by atoms with Crippen molar-refractivity contribution in [1.29, 1.82) is 0 Å². The molecule has 5 rings (SSSR count). The Balaban J connectivity index is 1.46. The molecule has 1 N–H and O–H groups in total. The lowest BCUT2D eigenvalue weighted by Crippen LogP contribution is -2.12. The van der Waals surface area contributed by atoms with Gasteiger partial charge in [0.15, 0.2) is 0 Å². The Bertz CT molecular complexity index is 1530. The minimum absolute atomic E-state index is 0.0658. The smallest absolute Gasteiger partial charge is 0.344 e. The first-order valence-electron chi connectivity index (χ1n) is 12.0. The van der Waals surface area contributed by atoms with E-state index >= 15 is 0 Å². The molecule has 0 saturated carbocycles. The second-order valence-corrected chi connectivity index (χ2v) is 9.30. The molecule has 0 atom stereocenters. The van der Waals surface area contributed by atoms with Gasteiger partial charge in [0.1, 0.15) is 28.7 Å². The molecule has 0 aromatic heterocycles. The zero-order valence-electron chi connectivity index (χ0n) is 20.3. The standard InChI is InChI=1S/C31H25NO4S/c1-2-35-31(34)28-29(33)27(37-30(28)32-24-15-4-3-5-16-24)19-22-12-7-9-18-26(22)36-20-23-14-10-13-21-11-6-8-17-25(21)23/h3-19,33H,2,20H2,1H3/b27-19-,32-30?. The number of fused-ring (bicyclic) bond motifs is 1. The third-order valence-electron chi connectivity index (χ3n) is 5.83. The van der Waals surface area contributed by atoms with E-state index in [4.69, 9.17) is 9.47 Å². The van der Waals surface area contributed by atoms with Gasteiger partial charge in [0.2, 0.25) is 0 Å². The summed E-state index contributed by atoms with van der Waals surface area (Å²) in [6.07, 6.45) is 1.81. The highest BCUT2D eigenvalue weighted by Crippen LogP contribution is 2.41. The van der Waals surface area contributed by atoms with Crippen LogP contribution in [-0.4, -0.2) is 22.7 Å². The van der Waals surface area contributed by atoms with Crippen molar-refractivity contribution in [2.75, 3.05) is 6.61 Å². The Hall–Kier alpha value is -4.29. The van der Waals surface area contributed by atoms with Crippen LogP contribution < -0.4 is 4.74 Å². The number of hydrogen-bond acceptors (Lipinski definition) is 6. The first kappa shape index (κ1) is 24.4. The summed E-state index contributed by atoms with van der Waals surface area (Å²) in [7, 11) is 0. The molecule has 4 aromatic rings. The summed E-state index contributed by atoms with van der Waals surface area (Å²) >= 11 is 1.23. The van der Waals surface area contributed by atoms with E-state index in [2.05, 4.69) is 29.3 Å². The van der Waals surface area contributed by atoms with E-state index in [1.165, 1.54) is 11.8 Å². The molecular weight excluding hydrogens is 482 g/mol. The summed E-state index contributed by atoms with van der Waals surface area (Å²) < 4.78 is 11.4. The van der Waals surface area contributed by atoms with Crippen LogP contribution in [0.5, 0.6) is 5.75 Å². The number of benzene rings is 4. The number of carbonyl (C=O) groups excluding carboxylic acids is 1. The minimum Gasteiger partial charge on any atom is -0.506 e. The maximum absolute atomic E-state index is 12.7. The molecule has 1 heterocycles. The highest BCUT2D eigenvalue weighted by atomic mass is 32.2. The van der Waals surface area contributed by atoms with E-state index in [1.807, 2.05) is 78.9 Å². The highest BCUT2D eigenvalue weighted by Gasteiger charge is 2.33. The monoisotopic (exact) mass is 507 g/mol. The predicted molar refractivity (Wildman–Crippen MR) is 150 cm³/mol. The maximum Gasteiger partial charge on any atom is 0.344 e. The molecule has 37 heavy (non-hydrogen) atoms. The number of ether oxygens (including phenoxy) is 2. The Kier molecular flexibility index (Phi) is 7.38. The van der Waals surface area contributed by atoms with Crippen LogP contribution in [-0.2, 0) is 16.1 Å². The molecule has 0 saturated heterocycles. The van der Waals surface area contributed by atoms with E-state index in [1.54, 1.807) is 6.92 Å². The Labute approximate surface area is 219 Å². The number of thioether (sulfide) groups is 1. The average Bonchev–Trinajstić information content (AvgIpc) is 3.23. The maximum atomic E-state index is 12.7. The molecule has 5 nitrogen and oxygen atoms in total. The van der Waals surface area contributed by atoms with Crippen LogP contribution in [0.15, 0.2) is 118 Å². The SMILES string of the molecule is CCOC(=O)C1=C(O)/C(=C/c2ccccc2OCc2cccc3ccccc23)SC1=Nc1ccccc1. The molecule has 0 radical (unpaired) electrons. The summed E-state index contributed by atoms with van der Waals surface area (Å²) in [5.74, 6) is -0.0875. The van der Waals surface area contributed by atoms with Crippen molar-refractivity contribution in [2.45, 2.75) is 13.5 Å². The number of nitrogens with zero attached hydrogens (tertiary/aromatic N) is 1. The number of para-hydroxylation sites is 2. The zero-order chi connectivity index (χ0) is 25.6. The molecule has 4 aromatic carbocycles. The highest BCUT2D eigenvalue weighted by molar-refractivity contribution is 8.18.